The highest BCUT2D eigenvalue weighted by atomic mass is 19.4. The first-order valence-electron chi connectivity index (χ1n) is 7.53. The van der Waals surface area contributed by atoms with Gasteiger partial charge in [0.15, 0.2) is 0 Å². The zero-order valence-corrected chi connectivity index (χ0v) is 13.8. The van der Waals surface area contributed by atoms with Gasteiger partial charge in [-0.3, -0.25) is 0 Å². The normalized spacial score (nSPS) is 19.5. The molecule has 26 heavy (non-hydrogen) atoms. The lowest BCUT2D eigenvalue weighted by Crippen LogP contribution is -2.19. The molecule has 3 nitrogen and oxygen atoms in total. The van der Waals surface area contributed by atoms with E-state index in [0.717, 1.165) is 12.1 Å². The number of hydrogen-bond donors (Lipinski definition) is 0. The zero-order valence-electron chi connectivity index (χ0n) is 13.8. The van der Waals surface area contributed by atoms with Gasteiger partial charge < -0.3 is 14.2 Å². The Bertz CT molecular complexity index is 673. The van der Waals surface area contributed by atoms with E-state index in [1.54, 1.807) is 6.92 Å². The fourth-order valence-electron chi connectivity index (χ4n) is 2.72. The monoisotopic (exact) mass is 382 g/mol. The van der Waals surface area contributed by atoms with Crippen LogP contribution in [0.5, 0.6) is 5.75 Å². The van der Waals surface area contributed by atoms with E-state index in [-0.39, 0.29) is 23.8 Å². The molecular formula is C17H16F6O3. The molecule has 144 valence electrons. The molecular weight excluding hydrogens is 366 g/mol. The van der Waals surface area contributed by atoms with E-state index >= 15 is 0 Å². The highest BCUT2D eigenvalue weighted by molar-refractivity contribution is 5.36. The van der Waals surface area contributed by atoms with E-state index < -0.39 is 18.8 Å². The number of hydrogen-bond acceptors (Lipinski definition) is 3. The number of allylic oxidation sites excluding steroid dienone is 3. The van der Waals surface area contributed by atoms with Gasteiger partial charge in [0, 0.05) is 13.5 Å². The van der Waals surface area contributed by atoms with Crippen molar-refractivity contribution in [2.24, 2.45) is 5.92 Å². The maximum Gasteiger partial charge on any atom is 0.573 e. The molecule has 0 saturated heterocycles. The SMILES string of the molecule is COC(C1=CC=C(OC(F)(F)F)CC1C)c1ccc(OC(F)(F)F)cc1. The largest absolute Gasteiger partial charge is 0.573 e. The molecule has 0 amide bonds. The summed E-state index contributed by atoms with van der Waals surface area (Å²) >= 11 is 0. The summed E-state index contributed by atoms with van der Waals surface area (Å²) < 4.78 is 86.7. The molecule has 9 heteroatoms. The van der Waals surface area contributed by atoms with Crippen LogP contribution in [-0.4, -0.2) is 19.8 Å². The third kappa shape index (κ3) is 5.69. The summed E-state index contributed by atoms with van der Waals surface area (Å²) in [6.45, 7) is 1.71. The number of rotatable bonds is 5. The number of halogens is 6. The molecule has 0 aliphatic heterocycles. The molecule has 1 aromatic rings. The Balaban J connectivity index is 2.20. The van der Waals surface area contributed by atoms with Crippen LogP contribution in [0.15, 0.2) is 47.7 Å². The Kier molecular flexibility index (Phi) is 5.90. The predicted molar refractivity (Wildman–Crippen MR) is 80.0 cm³/mol. The summed E-state index contributed by atoms with van der Waals surface area (Å²) in [5, 5.41) is 0. The first-order valence-corrected chi connectivity index (χ1v) is 7.53. The Hall–Kier alpha value is -2.16. The Morgan fingerprint density at radius 3 is 1.96 bits per heavy atom. The maximum atomic E-state index is 12.3. The van der Waals surface area contributed by atoms with Crippen LogP contribution < -0.4 is 4.74 Å². The van der Waals surface area contributed by atoms with Crippen LogP contribution in [0, 0.1) is 5.92 Å². The third-order valence-electron chi connectivity index (χ3n) is 3.74. The van der Waals surface area contributed by atoms with Crippen molar-refractivity contribution in [1.82, 2.24) is 0 Å². The first-order chi connectivity index (χ1) is 12.0. The van der Waals surface area contributed by atoms with E-state index in [9.17, 15) is 26.3 Å². The molecule has 1 aromatic carbocycles. The van der Waals surface area contributed by atoms with Crippen LogP contribution in [0.1, 0.15) is 25.0 Å². The van der Waals surface area contributed by atoms with Crippen LogP contribution in [0.25, 0.3) is 0 Å². The Morgan fingerprint density at radius 1 is 0.923 bits per heavy atom. The molecule has 0 fully saturated rings. The van der Waals surface area contributed by atoms with Crippen molar-refractivity contribution >= 4 is 0 Å². The molecule has 0 bridgehead atoms. The highest BCUT2D eigenvalue weighted by Gasteiger charge is 2.34. The van der Waals surface area contributed by atoms with Crippen LogP contribution >= 0.6 is 0 Å². The second-order valence-electron chi connectivity index (χ2n) is 5.69. The molecule has 0 N–H and O–H groups in total. The summed E-state index contributed by atoms with van der Waals surface area (Å²) in [4.78, 5) is 0. The lowest BCUT2D eigenvalue weighted by Gasteiger charge is -2.28. The Morgan fingerprint density at radius 2 is 1.50 bits per heavy atom. The zero-order chi connectivity index (χ0) is 19.5. The summed E-state index contributed by atoms with van der Waals surface area (Å²) in [7, 11) is 1.41. The topological polar surface area (TPSA) is 27.7 Å². The van der Waals surface area contributed by atoms with Gasteiger partial charge in [-0.15, -0.1) is 26.3 Å². The van der Waals surface area contributed by atoms with Gasteiger partial charge >= 0.3 is 12.7 Å². The lowest BCUT2D eigenvalue weighted by atomic mass is 9.85. The minimum atomic E-state index is -4.79. The standard InChI is InChI=1S/C17H16F6O3/c1-10-9-13(26-17(21,22)23)7-8-14(10)15(24-2)11-3-5-12(6-4-11)25-16(18,19)20/h3-8,10,15H,9H2,1-2H3. The van der Waals surface area contributed by atoms with Crippen molar-refractivity contribution < 1.29 is 40.6 Å². The van der Waals surface area contributed by atoms with Gasteiger partial charge in [-0.25, -0.2) is 0 Å². The van der Waals surface area contributed by atoms with Crippen molar-refractivity contribution in [3.05, 3.63) is 53.3 Å². The van der Waals surface area contributed by atoms with Crippen molar-refractivity contribution in [2.75, 3.05) is 7.11 Å². The van der Waals surface area contributed by atoms with Crippen molar-refractivity contribution in [2.45, 2.75) is 32.2 Å². The van der Waals surface area contributed by atoms with Crippen molar-refractivity contribution in [3.8, 4) is 5.75 Å². The first kappa shape index (κ1) is 20.2. The minimum absolute atomic E-state index is 0.0282. The van der Waals surface area contributed by atoms with Crippen LogP contribution in [0.2, 0.25) is 0 Å². The predicted octanol–water partition coefficient (Wildman–Crippen LogP) is 5.66. The summed E-state index contributed by atoms with van der Waals surface area (Å²) in [5.41, 5.74) is 1.24. The van der Waals surface area contributed by atoms with Crippen molar-refractivity contribution in [3.63, 3.8) is 0 Å². The number of alkyl halides is 6. The fraction of sp³-hybridized carbons (Fsp3) is 0.412. The average molecular weight is 382 g/mol. The van der Waals surface area contributed by atoms with Crippen LogP contribution in [0.3, 0.4) is 0 Å². The molecule has 0 heterocycles. The Labute approximate surface area is 145 Å². The molecule has 2 rings (SSSR count). The maximum absolute atomic E-state index is 12.3. The second kappa shape index (κ2) is 7.61. The van der Waals surface area contributed by atoms with Gasteiger partial charge in [0.25, 0.3) is 0 Å². The van der Waals surface area contributed by atoms with Crippen molar-refractivity contribution in [1.29, 1.82) is 0 Å². The van der Waals surface area contributed by atoms with Gasteiger partial charge in [0.2, 0.25) is 0 Å². The minimum Gasteiger partial charge on any atom is -0.410 e. The van der Waals surface area contributed by atoms with E-state index in [1.165, 1.54) is 31.4 Å². The molecule has 2 unspecified atom stereocenters. The summed E-state index contributed by atoms with van der Waals surface area (Å²) in [5.74, 6) is -0.895. The lowest BCUT2D eigenvalue weighted by molar-refractivity contribution is -0.306. The van der Waals surface area contributed by atoms with Gasteiger partial charge in [-0.1, -0.05) is 25.1 Å². The van der Waals surface area contributed by atoms with Crippen LogP contribution in [-0.2, 0) is 9.47 Å². The second-order valence-corrected chi connectivity index (χ2v) is 5.69. The van der Waals surface area contributed by atoms with Gasteiger partial charge in [-0.2, -0.15) is 0 Å². The molecule has 1 aliphatic rings. The quantitative estimate of drug-likeness (QED) is 0.615. The number of methoxy groups -OCH3 is 1. The fourth-order valence-corrected chi connectivity index (χ4v) is 2.72. The molecule has 1 aliphatic carbocycles. The number of benzene rings is 1. The molecule has 0 spiro atoms. The third-order valence-corrected chi connectivity index (χ3v) is 3.74. The van der Waals surface area contributed by atoms with E-state index in [4.69, 9.17) is 4.74 Å². The highest BCUT2D eigenvalue weighted by Crippen LogP contribution is 2.38. The van der Waals surface area contributed by atoms with Gasteiger partial charge in [0.1, 0.15) is 17.6 Å². The number of ether oxygens (including phenoxy) is 3. The average Bonchev–Trinajstić information content (AvgIpc) is 2.48. The molecule has 0 saturated carbocycles. The summed E-state index contributed by atoms with van der Waals surface area (Å²) in [6, 6.07) is 5.12. The van der Waals surface area contributed by atoms with E-state index in [1.807, 2.05) is 0 Å². The van der Waals surface area contributed by atoms with Gasteiger partial charge in [-0.05, 0) is 35.3 Å². The molecule has 0 radical (unpaired) electrons. The smallest absolute Gasteiger partial charge is 0.410 e. The van der Waals surface area contributed by atoms with E-state index in [2.05, 4.69) is 9.47 Å². The summed E-state index contributed by atoms with van der Waals surface area (Å²) in [6.07, 6.45) is -7.44. The molecule has 0 aromatic heterocycles. The van der Waals surface area contributed by atoms with E-state index in [0.29, 0.717) is 11.1 Å². The van der Waals surface area contributed by atoms with Crippen LogP contribution in [0.4, 0.5) is 26.3 Å². The van der Waals surface area contributed by atoms with Gasteiger partial charge in [0.05, 0.1) is 0 Å². The molecule has 2 atom stereocenters.